The normalized spacial score (nSPS) is 11.9. The van der Waals surface area contributed by atoms with Gasteiger partial charge in [0, 0.05) is 35.4 Å². The van der Waals surface area contributed by atoms with Gasteiger partial charge < -0.3 is 20.2 Å². The number of carbonyl (C=O) groups excluding carboxylic acids is 3. The van der Waals surface area contributed by atoms with Crippen molar-refractivity contribution in [2.75, 3.05) is 19.0 Å². The molecule has 0 unspecified atom stereocenters. The maximum absolute atomic E-state index is 13.3. The highest BCUT2D eigenvalue weighted by atomic mass is 35.5. The maximum Gasteiger partial charge on any atom is 0.328 e. The maximum atomic E-state index is 13.3. The summed E-state index contributed by atoms with van der Waals surface area (Å²) in [6.45, 7) is 1.80. The smallest absolute Gasteiger partial charge is 0.328 e. The minimum absolute atomic E-state index is 0.0975. The highest BCUT2D eigenvalue weighted by molar-refractivity contribution is 7.13. The molecule has 4 aromatic rings. The van der Waals surface area contributed by atoms with Gasteiger partial charge in [0.15, 0.2) is 5.71 Å². The summed E-state index contributed by atoms with van der Waals surface area (Å²) in [7, 11) is 1.31. The number of carbonyl (C=O) groups is 3. The summed E-state index contributed by atoms with van der Waals surface area (Å²) in [5, 5.41) is 12.1. The molecule has 2 aromatic carbocycles. The van der Waals surface area contributed by atoms with E-state index in [0.29, 0.717) is 16.3 Å². The molecule has 0 aliphatic heterocycles. The van der Waals surface area contributed by atoms with Crippen LogP contribution in [0.2, 0.25) is 10.0 Å². The second-order valence-corrected chi connectivity index (χ2v) is 10.3. The Morgan fingerprint density at radius 3 is 2.36 bits per heavy atom. The van der Waals surface area contributed by atoms with E-state index in [4.69, 9.17) is 32.8 Å². The van der Waals surface area contributed by atoms with Gasteiger partial charge in [0.1, 0.15) is 23.9 Å². The number of oxime groups is 1. The summed E-state index contributed by atoms with van der Waals surface area (Å²) in [5.41, 5.74) is 2.36. The van der Waals surface area contributed by atoms with Crippen LogP contribution >= 0.6 is 34.5 Å². The van der Waals surface area contributed by atoms with Crippen LogP contribution in [0.15, 0.2) is 77.5 Å². The molecule has 0 spiro atoms. The molecule has 42 heavy (non-hydrogen) atoms. The second kappa shape index (κ2) is 14.5. The van der Waals surface area contributed by atoms with Crippen LogP contribution in [-0.2, 0) is 25.6 Å². The summed E-state index contributed by atoms with van der Waals surface area (Å²) >= 11 is 13.6. The van der Waals surface area contributed by atoms with Crippen LogP contribution in [0.4, 0.5) is 5.69 Å². The predicted octanol–water partition coefficient (Wildman–Crippen LogP) is 5.41. The molecule has 2 heterocycles. The number of pyridine rings is 1. The van der Waals surface area contributed by atoms with Crippen molar-refractivity contribution in [2.24, 2.45) is 5.16 Å². The van der Waals surface area contributed by atoms with E-state index >= 15 is 0 Å². The zero-order chi connectivity index (χ0) is 30.1. The molecule has 216 valence electrons. The zero-order valence-electron chi connectivity index (χ0n) is 22.5. The van der Waals surface area contributed by atoms with Crippen molar-refractivity contribution < 1.29 is 24.0 Å². The van der Waals surface area contributed by atoms with Crippen molar-refractivity contribution in [1.29, 1.82) is 0 Å². The summed E-state index contributed by atoms with van der Waals surface area (Å²) in [5.74, 6) is -1.75. The van der Waals surface area contributed by atoms with E-state index in [1.54, 1.807) is 79.3 Å². The van der Waals surface area contributed by atoms with Crippen LogP contribution in [0, 0.1) is 0 Å². The van der Waals surface area contributed by atoms with Crippen molar-refractivity contribution in [3.05, 3.63) is 99.2 Å². The lowest BCUT2D eigenvalue weighted by Crippen LogP contribution is -2.46. The number of aromatic nitrogens is 2. The first-order valence-electron chi connectivity index (χ1n) is 12.6. The summed E-state index contributed by atoms with van der Waals surface area (Å²) in [4.78, 5) is 52.2. The number of thiazole rings is 1. The van der Waals surface area contributed by atoms with Crippen molar-refractivity contribution >= 4 is 63.7 Å². The highest BCUT2D eigenvalue weighted by Crippen LogP contribution is 2.26. The Bertz CT molecular complexity index is 1580. The Hall–Kier alpha value is -4.32. The van der Waals surface area contributed by atoms with E-state index in [0.717, 1.165) is 5.56 Å². The first kappa shape index (κ1) is 30.6. The SMILES string of the molecule is CCOC(=O)[C@H](Cc1ccc(NC(=O)c2c(Cl)cccc2Cl)cc1)NC(=O)C(=NOC)c1csc(-c2ccncc2)n1. The zero-order valence-corrected chi connectivity index (χ0v) is 24.8. The Morgan fingerprint density at radius 1 is 1.02 bits per heavy atom. The molecular weight excluding hydrogens is 601 g/mol. The van der Waals surface area contributed by atoms with Crippen LogP contribution in [0.3, 0.4) is 0 Å². The van der Waals surface area contributed by atoms with Crippen LogP contribution in [0.5, 0.6) is 0 Å². The Balaban J connectivity index is 1.48. The molecule has 13 heteroatoms. The first-order valence-corrected chi connectivity index (χ1v) is 14.2. The van der Waals surface area contributed by atoms with E-state index in [1.165, 1.54) is 18.4 Å². The fourth-order valence-electron chi connectivity index (χ4n) is 3.84. The minimum atomic E-state index is -1.04. The molecule has 0 saturated heterocycles. The lowest BCUT2D eigenvalue weighted by atomic mass is 10.0. The number of rotatable bonds is 11. The summed E-state index contributed by atoms with van der Waals surface area (Å²) in [6.07, 6.45) is 3.40. The van der Waals surface area contributed by atoms with E-state index < -0.39 is 23.8 Å². The number of hydrogen-bond acceptors (Lipinski definition) is 9. The number of anilines is 1. The largest absolute Gasteiger partial charge is 0.464 e. The molecule has 0 bridgehead atoms. The molecule has 2 aromatic heterocycles. The molecule has 0 radical (unpaired) electrons. The van der Waals surface area contributed by atoms with E-state index in [2.05, 4.69) is 25.8 Å². The number of halogens is 2. The van der Waals surface area contributed by atoms with Crippen molar-refractivity contribution in [3.8, 4) is 10.6 Å². The third kappa shape index (κ3) is 7.69. The van der Waals surface area contributed by atoms with Crippen LogP contribution in [0.1, 0.15) is 28.5 Å². The van der Waals surface area contributed by atoms with Gasteiger partial charge in [-0.25, -0.2) is 9.78 Å². The van der Waals surface area contributed by atoms with Crippen LogP contribution < -0.4 is 10.6 Å². The van der Waals surface area contributed by atoms with Gasteiger partial charge in [-0.05, 0) is 48.9 Å². The summed E-state index contributed by atoms with van der Waals surface area (Å²) in [6, 6.07) is 14.1. The predicted molar refractivity (Wildman–Crippen MR) is 162 cm³/mol. The fraction of sp³-hybridized carbons (Fsp3) is 0.172. The molecule has 10 nitrogen and oxygen atoms in total. The number of esters is 1. The average molecular weight is 627 g/mol. The van der Waals surface area contributed by atoms with Gasteiger partial charge in [-0.15, -0.1) is 11.3 Å². The third-order valence-corrected chi connectivity index (χ3v) is 7.31. The van der Waals surface area contributed by atoms with E-state index in [-0.39, 0.29) is 40.0 Å². The lowest BCUT2D eigenvalue weighted by molar-refractivity contribution is -0.146. The topological polar surface area (TPSA) is 132 Å². The molecular formula is C29H25Cl2N5O5S. The molecule has 2 N–H and O–H groups in total. The van der Waals surface area contributed by atoms with E-state index in [1.807, 2.05) is 0 Å². The van der Waals surface area contributed by atoms with Gasteiger partial charge in [0.25, 0.3) is 11.8 Å². The van der Waals surface area contributed by atoms with Gasteiger partial charge in [-0.3, -0.25) is 14.6 Å². The number of amides is 2. The molecule has 4 rings (SSSR count). The monoisotopic (exact) mass is 625 g/mol. The summed E-state index contributed by atoms with van der Waals surface area (Å²) < 4.78 is 5.21. The Labute approximate surface area is 255 Å². The van der Waals surface area contributed by atoms with Gasteiger partial charge in [-0.2, -0.15) is 0 Å². The van der Waals surface area contributed by atoms with Crippen LogP contribution in [0.25, 0.3) is 10.6 Å². The van der Waals surface area contributed by atoms with Crippen molar-refractivity contribution in [3.63, 3.8) is 0 Å². The first-order chi connectivity index (χ1) is 20.3. The quantitative estimate of drug-likeness (QED) is 0.129. The van der Waals surface area contributed by atoms with Gasteiger partial charge >= 0.3 is 5.97 Å². The van der Waals surface area contributed by atoms with E-state index in [9.17, 15) is 14.4 Å². The number of nitrogens with zero attached hydrogens (tertiary/aromatic N) is 3. The average Bonchev–Trinajstić information content (AvgIpc) is 3.47. The standard InChI is InChI=1S/C29H25Cl2N5O5S/c1-3-41-29(39)22(15-17-7-9-19(10-8-17)33-26(37)24-20(30)5-4-6-21(24)31)34-27(38)25(36-40-2)23-16-42-28(35-23)18-11-13-32-14-12-18/h4-14,16,22H,3,15H2,1-2H3,(H,33,37)(H,34,38)/t22-/m0/s1. The molecule has 0 saturated carbocycles. The molecule has 0 fully saturated rings. The highest BCUT2D eigenvalue weighted by Gasteiger charge is 2.27. The van der Waals surface area contributed by atoms with Gasteiger partial charge in [0.2, 0.25) is 0 Å². The fourth-order valence-corrected chi connectivity index (χ4v) is 5.22. The van der Waals surface area contributed by atoms with Crippen molar-refractivity contribution in [2.45, 2.75) is 19.4 Å². The number of nitrogens with one attached hydrogen (secondary N) is 2. The molecule has 2 amide bonds. The Kier molecular flexibility index (Phi) is 10.6. The second-order valence-electron chi connectivity index (χ2n) is 8.63. The Morgan fingerprint density at radius 2 is 1.71 bits per heavy atom. The van der Waals surface area contributed by atoms with Gasteiger partial charge in [0.05, 0.1) is 22.2 Å². The number of ether oxygens (including phenoxy) is 1. The lowest BCUT2D eigenvalue weighted by Gasteiger charge is -2.18. The third-order valence-electron chi connectivity index (χ3n) is 5.79. The van der Waals surface area contributed by atoms with Gasteiger partial charge in [-0.1, -0.05) is 46.6 Å². The van der Waals surface area contributed by atoms with Crippen molar-refractivity contribution in [1.82, 2.24) is 15.3 Å². The number of benzene rings is 2. The molecule has 0 aliphatic carbocycles. The van der Waals surface area contributed by atoms with Crippen LogP contribution in [-0.4, -0.2) is 53.2 Å². The number of hydrogen-bond donors (Lipinski definition) is 2. The minimum Gasteiger partial charge on any atom is -0.464 e. The molecule has 1 atom stereocenters. The molecule has 0 aliphatic rings.